The lowest BCUT2D eigenvalue weighted by Crippen LogP contribution is -2.21. The van der Waals surface area contributed by atoms with Gasteiger partial charge in [0.25, 0.3) is 0 Å². The molecule has 2 heterocycles. The fourth-order valence-electron chi connectivity index (χ4n) is 3.36. The topological polar surface area (TPSA) is 70.5 Å². The molecule has 4 rings (SSSR count). The van der Waals surface area contributed by atoms with Crippen molar-refractivity contribution >= 4 is 11.6 Å². The van der Waals surface area contributed by atoms with Crippen LogP contribution in [0.1, 0.15) is 12.0 Å². The molecule has 0 spiro atoms. The summed E-state index contributed by atoms with van der Waals surface area (Å²) in [5.74, 6) is 1.39. The highest BCUT2D eigenvalue weighted by atomic mass is 16.5. The van der Waals surface area contributed by atoms with Crippen molar-refractivity contribution in [3.8, 4) is 16.9 Å². The second-order valence-electron chi connectivity index (χ2n) is 7.02. The summed E-state index contributed by atoms with van der Waals surface area (Å²) < 4.78 is 5.19. The van der Waals surface area contributed by atoms with E-state index in [0.717, 1.165) is 48.6 Å². The Labute approximate surface area is 164 Å². The Balaban J connectivity index is 1.37. The van der Waals surface area contributed by atoms with E-state index >= 15 is 0 Å². The number of likely N-dealkylation sites (tertiary alicyclic amines) is 1. The fourth-order valence-corrected chi connectivity index (χ4v) is 3.36. The van der Waals surface area contributed by atoms with E-state index in [0.29, 0.717) is 5.95 Å². The number of hydrogen-bond donors (Lipinski definition) is 2. The van der Waals surface area contributed by atoms with Gasteiger partial charge in [0.1, 0.15) is 5.75 Å². The molecule has 0 aliphatic carbocycles. The van der Waals surface area contributed by atoms with Gasteiger partial charge in [-0.25, -0.2) is 9.97 Å². The lowest BCUT2D eigenvalue weighted by molar-refractivity contribution is 0.175. The molecular weight excluding hydrogens is 352 g/mol. The van der Waals surface area contributed by atoms with Crippen LogP contribution in [0, 0.1) is 0 Å². The van der Waals surface area contributed by atoms with Gasteiger partial charge in [-0.1, -0.05) is 24.3 Å². The Morgan fingerprint density at radius 3 is 2.36 bits per heavy atom. The molecule has 1 atom stereocenters. The third-order valence-electron chi connectivity index (χ3n) is 4.94. The average molecular weight is 376 g/mol. The Hall–Kier alpha value is -2.96. The first kappa shape index (κ1) is 18.4. The average Bonchev–Trinajstić information content (AvgIpc) is 3.15. The molecular formula is C22H24N4O2. The van der Waals surface area contributed by atoms with E-state index in [9.17, 15) is 5.11 Å². The molecule has 0 bridgehead atoms. The quantitative estimate of drug-likeness (QED) is 0.687. The predicted octanol–water partition coefficient (Wildman–Crippen LogP) is 3.46. The minimum absolute atomic E-state index is 0.182. The lowest BCUT2D eigenvalue weighted by atomic mass is 10.1. The molecule has 6 nitrogen and oxygen atoms in total. The number of hydrogen-bond acceptors (Lipinski definition) is 6. The maximum absolute atomic E-state index is 9.63. The number of benzene rings is 2. The molecule has 0 saturated carbocycles. The highest BCUT2D eigenvalue weighted by molar-refractivity contribution is 5.63. The van der Waals surface area contributed by atoms with E-state index in [1.165, 1.54) is 5.56 Å². The molecule has 1 saturated heterocycles. The van der Waals surface area contributed by atoms with Crippen molar-refractivity contribution in [2.75, 3.05) is 25.5 Å². The van der Waals surface area contributed by atoms with Crippen molar-refractivity contribution in [1.29, 1.82) is 0 Å². The van der Waals surface area contributed by atoms with Gasteiger partial charge in [-0.2, -0.15) is 0 Å². The number of nitrogens with one attached hydrogen (secondary N) is 1. The highest BCUT2D eigenvalue weighted by Gasteiger charge is 2.19. The van der Waals surface area contributed by atoms with Crippen LogP contribution in [0.25, 0.3) is 11.1 Å². The molecule has 0 amide bonds. The summed E-state index contributed by atoms with van der Waals surface area (Å²) in [5.41, 5.74) is 4.18. The van der Waals surface area contributed by atoms with Crippen LogP contribution in [0.15, 0.2) is 60.9 Å². The van der Waals surface area contributed by atoms with Gasteiger partial charge in [-0.15, -0.1) is 0 Å². The van der Waals surface area contributed by atoms with Crippen LogP contribution in [0.4, 0.5) is 11.6 Å². The van der Waals surface area contributed by atoms with Crippen molar-refractivity contribution in [3.05, 3.63) is 66.5 Å². The second kappa shape index (κ2) is 8.37. The van der Waals surface area contributed by atoms with Gasteiger partial charge in [-0.05, 0) is 41.8 Å². The van der Waals surface area contributed by atoms with Crippen molar-refractivity contribution in [2.45, 2.75) is 19.1 Å². The summed E-state index contributed by atoms with van der Waals surface area (Å²) in [7, 11) is 1.65. The summed E-state index contributed by atoms with van der Waals surface area (Å²) in [5, 5.41) is 12.9. The van der Waals surface area contributed by atoms with Gasteiger partial charge in [-0.3, -0.25) is 4.90 Å². The number of β-amino-alcohol motifs (C(OH)–C–C–N with tert-alkyl or cyclic N) is 1. The third-order valence-corrected chi connectivity index (χ3v) is 4.94. The van der Waals surface area contributed by atoms with Gasteiger partial charge in [0, 0.05) is 43.3 Å². The molecule has 28 heavy (non-hydrogen) atoms. The molecule has 2 aromatic carbocycles. The standard InChI is InChI=1S/C22H24N4O2/c1-28-21-8-4-17(5-9-21)18-12-23-22(24-13-18)25-19-6-2-16(3-7-19)14-26-11-10-20(27)15-26/h2-9,12-13,20,27H,10-11,14-15H2,1H3,(H,23,24,25). The van der Waals surface area contributed by atoms with Crippen LogP contribution >= 0.6 is 0 Å². The summed E-state index contributed by atoms with van der Waals surface area (Å²) in [6, 6.07) is 16.1. The zero-order valence-corrected chi connectivity index (χ0v) is 15.9. The molecule has 0 radical (unpaired) electrons. The highest BCUT2D eigenvalue weighted by Crippen LogP contribution is 2.22. The molecule has 3 aromatic rings. The van der Waals surface area contributed by atoms with Crippen LogP contribution in [-0.2, 0) is 6.54 Å². The largest absolute Gasteiger partial charge is 0.497 e. The molecule has 2 N–H and O–H groups in total. The van der Waals surface area contributed by atoms with Crippen LogP contribution in [0.2, 0.25) is 0 Å². The minimum Gasteiger partial charge on any atom is -0.497 e. The van der Waals surface area contributed by atoms with Crippen molar-refractivity contribution in [1.82, 2.24) is 14.9 Å². The Kier molecular flexibility index (Phi) is 5.50. The number of nitrogens with zero attached hydrogens (tertiary/aromatic N) is 3. The molecule has 6 heteroatoms. The van der Waals surface area contributed by atoms with E-state index in [-0.39, 0.29) is 6.10 Å². The number of aliphatic hydroxyl groups is 1. The van der Waals surface area contributed by atoms with Gasteiger partial charge < -0.3 is 15.2 Å². The first-order valence-electron chi connectivity index (χ1n) is 9.42. The van der Waals surface area contributed by atoms with Crippen molar-refractivity contribution in [3.63, 3.8) is 0 Å². The van der Waals surface area contributed by atoms with Crippen LogP contribution in [0.5, 0.6) is 5.75 Å². The predicted molar refractivity (Wildman–Crippen MR) is 110 cm³/mol. The SMILES string of the molecule is COc1ccc(-c2cnc(Nc3ccc(CN4CCC(O)C4)cc3)nc2)cc1. The van der Waals surface area contributed by atoms with E-state index in [4.69, 9.17) is 4.74 Å². The monoisotopic (exact) mass is 376 g/mol. The second-order valence-corrected chi connectivity index (χ2v) is 7.02. The number of anilines is 2. The zero-order chi connectivity index (χ0) is 19.3. The van der Waals surface area contributed by atoms with Crippen molar-refractivity contribution in [2.24, 2.45) is 0 Å². The van der Waals surface area contributed by atoms with Crippen LogP contribution in [-0.4, -0.2) is 46.3 Å². The van der Waals surface area contributed by atoms with E-state index in [1.807, 2.05) is 48.8 Å². The Morgan fingerprint density at radius 2 is 1.75 bits per heavy atom. The zero-order valence-electron chi connectivity index (χ0n) is 15.9. The summed E-state index contributed by atoms with van der Waals surface area (Å²) in [6.45, 7) is 2.58. The maximum atomic E-state index is 9.63. The molecule has 144 valence electrons. The number of aliphatic hydroxyl groups excluding tert-OH is 1. The lowest BCUT2D eigenvalue weighted by Gasteiger charge is -2.15. The summed E-state index contributed by atoms with van der Waals surface area (Å²) >= 11 is 0. The smallest absolute Gasteiger partial charge is 0.227 e. The van der Waals surface area contributed by atoms with Crippen LogP contribution in [0.3, 0.4) is 0 Å². The van der Waals surface area contributed by atoms with Gasteiger partial charge in [0.15, 0.2) is 0 Å². The third kappa shape index (κ3) is 4.47. The Morgan fingerprint density at radius 1 is 1.04 bits per heavy atom. The maximum Gasteiger partial charge on any atom is 0.227 e. The minimum atomic E-state index is -0.182. The number of aromatic nitrogens is 2. The molecule has 1 fully saturated rings. The van der Waals surface area contributed by atoms with Gasteiger partial charge in [0.2, 0.25) is 5.95 Å². The number of methoxy groups -OCH3 is 1. The van der Waals surface area contributed by atoms with E-state index in [2.05, 4.69) is 32.3 Å². The van der Waals surface area contributed by atoms with Gasteiger partial charge >= 0.3 is 0 Å². The fraction of sp³-hybridized carbons (Fsp3) is 0.273. The molecule has 1 aromatic heterocycles. The molecule has 1 unspecified atom stereocenters. The summed E-state index contributed by atoms with van der Waals surface area (Å²) in [6.07, 6.45) is 4.30. The van der Waals surface area contributed by atoms with Crippen LogP contribution < -0.4 is 10.1 Å². The van der Waals surface area contributed by atoms with E-state index < -0.39 is 0 Å². The normalized spacial score (nSPS) is 16.9. The first-order valence-corrected chi connectivity index (χ1v) is 9.42. The molecule has 1 aliphatic rings. The first-order chi connectivity index (χ1) is 13.7. The Bertz CT molecular complexity index is 895. The molecule has 1 aliphatic heterocycles. The van der Waals surface area contributed by atoms with Crippen molar-refractivity contribution < 1.29 is 9.84 Å². The van der Waals surface area contributed by atoms with E-state index in [1.54, 1.807) is 7.11 Å². The van der Waals surface area contributed by atoms with Gasteiger partial charge in [0.05, 0.1) is 13.2 Å². The number of ether oxygens (including phenoxy) is 1. The summed E-state index contributed by atoms with van der Waals surface area (Å²) in [4.78, 5) is 11.1. The number of rotatable bonds is 6.